The van der Waals surface area contributed by atoms with E-state index < -0.39 is 5.97 Å². The molecule has 1 saturated heterocycles. The summed E-state index contributed by atoms with van der Waals surface area (Å²) in [6.45, 7) is 1.17. The number of halogens is 1. The second-order valence-electron chi connectivity index (χ2n) is 4.41. The van der Waals surface area contributed by atoms with Gasteiger partial charge >= 0.3 is 5.97 Å². The van der Waals surface area contributed by atoms with Gasteiger partial charge in [-0.3, -0.25) is 9.59 Å². The van der Waals surface area contributed by atoms with Crippen LogP contribution in [-0.2, 0) is 22.6 Å². The molecule has 2 rings (SSSR count). The third kappa shape index (κ3) is 3.10. The van der Waals surface area contributed by atoms with Crippen molar-refractivity contribution in [3.63, 3.8) is 0 Å². The fourth-order valence-corrected chi connectivity index (χ4v) is 2.76. The number of aliphatic carboxylic acids is 1. The van der Waals surface area contributed by atoms with Crippen LogP contribution < -0.4 is 0 Å². The average Bonchev–Trinajstić information content (AvgIpc) is 2.59. The van der Waals surface area contributed by atoms with E-state index >= 15 is 0 Å². The molecule has 1 atom stereocenters. The van der Waals surface area contributed by atoms with Crippen molar-refractivity contribution >= 4 is 27.8 Å². The molecule has 1 aromatic rings. The number of carbonyl (C=O) groups excluding carboxylic acids is 1. The van der Waals surface area contributed by atoms with Crippen molar-refractivity contribution in [1.82, 2.24) is 4.90 Å². The second kappa shape index (κ2) is 5.52. The highest BCUT2D eigenvalue weighted by Gasteiger charge is 2.27. The van der Waals surface area contributed by atoms with E-state index in [1.807, 2.05) is 18.2 Å². The maximum absolute atomic E-state index is 11.7. The number of amides is 1. The van der Waals surface area contributed by atoms with Gasteiger partial charge < -0.3 is 10.0 Å². The van der Waals surface area contributed by atoms with Gasteiger partial charge in [0.25, 0.3) is 0 Å². The lowest BCUT2D eigenvalue weighted by atomic mass is 10.0. The number of hydrogen-bond acceptors (Lipinski definition) is 2. The maximum atomic E-state index is 11.7. The number of benzene rings is 1. The van der Waals surface area contributed by atoms with Crippen molar-refractivity contribution in [1.29, 1.82) is 0 Å². The van der Waals surface area contributed by atoms with Crippen LogP contribution in [0.3, 0.4) is 0 Å². The molecule has 4 nitrogen and oxygen atoms in total. The highest BCUT2D eigenvalue weighted by atomic mass is 79.9. The molecule has 1 heterocycles. The molecule has 0 saturated carbocycles. The Morgan fingerprint density at radius 1 is 1.39 bits per heavy atom. The van der Waals surface area contributed by atoms with Crippen molar-refractivity contribution in [2.75, 3.05) is 6.54 Å². The minimum absolute atomic E-state index is 0.00402. The van der Waals surface area contributed by atoms with Gasteiger partial charge in [0.1, 0.15) is 0 Å². The average molecular weight is 312 g/mol. The van der Waals surface area contributed by atoms with Crippen molar-refractivity contribution in [2.24, 2.45) is 0 Å². The summed E-state index contributed by atoms with van der Waals surface area (Å²) < 4.78 is 0. The zero-order valence-electron chi connectivity index (χ0n) is 9.80. The number of alkyl halides is 1. The fourth-order valence-electron chi connectivity index (χ4n) is 2.13. The summed E-state index contributed by atoms with van der Waals surface area (Å²) in [6, 6.07) is 7.37. The van der Waals surface area contributed by atoms with Gasteiger partial charge in [-0.1, -0.05) is 40.2 Å². The Hall–Kier alpha value is -1.36. The molecular weight excluding hydrogens is 298 g/mol. The van der Waals surface area contributed by atoms with Gasteiger partial charge in [-0.05, 0) is 11.1 Å². The molecule has 1 aliphatic rings. The SMILES string of the molecule is O=C(O)Cc1ccccc1CN1CC(Br)CC1=O. The molecule has 5 heteroatoms. The number of hydrogen-bond donors (Lipinski definition) is 1. The summed E-state index contributed by atoms with van der Waals surface area (Å²) in [5, 5.41) is 8.86. The number of rotatable bonds is 4. The Morgan fingerprint density at radius 2 is 2.06 bits per heavy atom. The van der Waals surface area contributed by atoms with Crippen molar-refractivity contribution < 1.29 is 14.7 Å². The van der Waals surface area contributed by atoms with Crippen LogP contribution in [0.5, 0.6) is 0 Å². The lowest BCUT2D eigenvalue weighted by Crippen LogP contribution is -2.25. The summed E-state index contributed by atoms with van der Waals surface area (Å²) in [7, 11) is 0. The quantitative estimate of drug-likeness (QED) is 0.863. The van der Waals surface area contributed by atoms with E-state index in [1.165, 1.54) is 0 Å². The standard InChI is InChI=1S/C13H14BrNO3/c14-11-6-12(16)15(8-11)7-10-4-2-1-3-9(10)5-13(17)18/h1-4,11H,5-8H2,(H,17,18). The van der Waals surface area contributed by atoms with E-state index in [4.69, 9.17) is 5.11 Å². The molecule has 1 aliphatic heterocycles. The molecule has 0 aromatic heterocycles. The molecule has 0 aliphatic carbocycles. The molecule has 0 radical (unpaired) electrons. The van der Waals surface area contributed by atoms with Crippen molar-refractivity contribution in [3.05, 3.63) is 35.4 Å². The molecular formula is C13H14BrNO3. The summed E-state index contributed by atoms with van der Waals surface area (Å²) >= 11 is 3.43. The topological polar surface area (TPSA) is 57.6 Å². The number of nitrogens with zero attached hydrogens (tertiary/aromatic N) is 1. The van der Waals surface area contributed by atoms with Crippen LogP contribution in [0.25, 0.3) is 0 Å². The Kier molecular flexibility index (Phi) is 4.01. The molecule has 1 aromatic carbocycles. The lowest BCUT2D eigenvalue weighted by Gasteiger charge is -2.17. The van der Waals surface area contributed by atoms with Gasteiger partial charge in [0.05, 0.1) is 6.42 Å². The van der Waals surface area contributed by atoms with Gasteiger partial charge in [-0.2, -0.15) is 0 Å². The van der Waals surface area contributed by atoms with Crippen LogP contribution in [0, 0.1) is 0 Å². The van der Waals surface area contributed by atoms with E-state index in [0.717, 1.165) is 11.1 Å². The van der Waals surface area contributed by atoms with Crippen LogP contribution in [0.15, 0.2) is 24.3 Å². The van der Waals surface area contributed by atoms with Crippen molar-refractivity contribution in [3.8, 4) is 0 Å². The number of carboxylic acid groups (broad SMARTS) is 1. The van der Waals surface area contributed by atoms with Gasteiger partial charge in [0, 0.05) is 24.3 Å². The summed E-state index contributed by atoms with van der Waals surface area (Å²) in [5.74, 6) is -0.740. The van der Waals surface area contributed by atoms with Crippen LogP contribution in [0.2, 0.25) is 0 Å². The first-order chi connectivity index (χ1) is 8.56. The van der Waals surface area contributed by atoms with E-state index in [2.05, 4.69) is 15.9 Å². The molecule has 96 valence electrons. The van der Waals surface area contributed by atoms with Crippen LogP contribution >= 0.6 is 15.9 Å². The Labute approximate surface area is 114 Å². The minimum Gasteiger partial charge on any atom is -0.481 e. The zero-order valence-corrected chi connectivity index (χ0v) is 11.4. The predicted octanol–water partition coefficient (Wildman–Crippen LogP) is 1.81. The number of likely N-dealkylation sites (tertiary alicyclic amines) is 1. The monoisotopic (exact) mass is 311 g/mol. The smallest absolute Gasteiger partial charge is 0.307 e. The summed E-state index contributed by atoms with van der Waals surface area (Å²) in [6.07, 6.45) is 0.511. The molecule has 1 unspecified atom stereocenters. The maximum Gasteiger partial charge on any atom is 0.307 e. The highest BCUT2D eigenvalue weighted by molar-refractivity contribution is 9.09. The van der Waals surface area contributed by atoms with Gasteiger partial charge in [0.2, 0.25) is 5.91 Å². The molecule has 1 N–H and O–H groups in total. The number of carbonyl (C=O) groups is 2. The Balaban J connectivity index is 2.13. The molecule has 1 fully saturated rings. The molecule has 1 amide bonds. The third-order valence-corrected chi connectivity index (χ3v) is 3.60. The van der Waals surface area contributed by atoms with Crippen LogP contribution in [0.1, 0.15) is 17.5 Å². The summed E-state index contributed by atoms with van der Waals surface area (Å²) in [5.41, 5.74) is 1.69. The molecule has 18 heavy (non-hydrogen) atoms. The van der Waals surface area contributed by atoms with Crippen LogP contribution in [-0.4, -0.2) is 33.3 Å². The minimum atomic E-state index is -0.853. The van der Waals surface area contributed by atoms with E-state index in [-0.39, 0.29) is 17.2 Å². The first-order valence-electron chi connectivity index (χ1n) is 5.76. The largest absolute Gasteiger partial charge is 0.481 e. The van der Waals surface area contributed by atoms with E-state index in [0.29, 0.717) is 19.5 Å². The molecule has 0 spiro atoms. The van der Waals surface area contributed by atoms with Gasteiger partial charge in [-0.25, -0.2) is 0 Å². The van der Waals surface area contributed by atoms with Crippen LogP contribution in [0.4, 0.5) is 0 Å². The fraction of sp³-hybridized carbons (Fsp3) is 0.385. The lowest BCUT2D eigenvalue weighted by molar-refractivity contribution is -0.136. The highest BCUT2D eigenvalue weighted by Crippen LogP contribution is 2.21. The first-order valence-corrected chi connectivity index (χ1v) is 6.68. The van der Waals surface area contributed by atoms with E-state index in [9.17, 15) is 9.59 Å². The molecule has 0 bridgehead atoms. The zero-order chi connectivity index (χ0) is 13.1. The predicted molar refractivity (Wildman–Crippen MR) is 70.5 cm³/mol. The van der Waals surface area contributed by atoms with E-state index in [1.54, 1.807) is 11.0 Å². The normalized spacial score (nSPS) is 19.3. The first kappa shape index (κ1) is 13.1. The Bertz CT molecular complexity index is 475. The second-order valence-corrected chi connectivity index (χ2v) is 5.71. The van der Waals surface area contributed by atoms with Gasteiger partial charge in [0.15, 0.2) is 0 Å². The third-order valence-electron chi connectivity index (χ3n) is 2.99. The van der Waals surface area contributed by atoms with Crippen molar-refractivity contribution in [2.45, 2.75) is 24.2 Å². The summed E-state index contributed by atoms with van der Waals surface area (Å²) in [4.78, 5) is 24.5. The van der Waals surface area contributed by atoms with Gasteiger partial charge in [-0.15, -0.1) is 0 Å². The Morgan fingerprint density at radius 3 is 2.61 bits per heavy atom. The number of carboxylic acids is 1.